The Labute approximate surface area is 209 Å². The number of rotatable bonds is 8. The van der Waals surface area contributed by atoms with E-state index in [1.54, 1.807) is 27.4 Å². The van der Waals surface area contributed by atoms with Crippen LogP contribution in [0.2, 0.25) is 0 Å². The lowest BCUT2D eigenvalue weighted by Gasteiger charge is -2.38. The lowest BCUT2D eigenvalue weighted by atomic mass is 9.76. The van der Waals surface area contributed by atoms with Crippen LogP contribution in [0.3, 0.4) is 0 Å². The second-order valence-corrected chi connectivity index (χ2v) is 10.3. The molecule has 2 aliphatic carbocycles. The number of aliphatic hydroxyl groups is 1. The van der Waals surface area contributed by atoms with Gasteiger partial charge < -0.3 is 14.5 Å². The first-order valence-electron chi connectivity index (χ1n) is 11.2. The monoisotopic (exact) mass is 491 g/mol. The van der Waals surface area contributed by atoms with Crippen molar-refractivity contribution in [3.63, 3.8) is 0 Å². The molecule has 1 unspecified atom stereocenters. The van der Waals surface area contributed by atoms with Crippen LogP contribution in [0, 0.1) is 0 Å². The molecule has 0 bridgehead atoms. The smallest absolute Gasteiger partial charge is 0.337 e. The van der Waals surface area contributed by atoms with Gasteiger partial charge in [0.1, 0.15) is 0 Å². The van der Waals surface area contributed by atoms with E-state index in [-0.39, 0.29) is 11.3 Å². The highest BCUT2D eigenvalue weighted by molar-refractivity contribution is 6.40. The van der Waals surface area contributed by atoms with Gasteiger partial charge in [-0.2, -0.15) is 0 Å². The molecule has 0 aromatic heterocycles. The molecule has 1 N–H and O–H groups in total. The van der Waals surface area contributed by atoms with E-state index < -0.39 is 11.2 Å². The number of allylic oxidation sites excluding steroid dienone is 10. The SMILES string of the molecule is C/C=C\C(=C/C1=CC([B]OC(C)(C)C(C)(C)O)=C(C2=CC=C(Cl)CC2Cl)CCC1)C(=O)OC. The molecule has 0 aliphatic heterocycles. The first-order chi connectivity index (χ1) is 15.4. The Morgan fingerprint density at radius 1 is 1.24 bits per heavy atom. The molecule has 0 amide bonds. The number of hydrogen-bond acceptors (Lipinski definition) is 4. The van der Waals surface area contributed by atoms with Crippen molar-refractivity contribution in [2.24, 2.45) is 0 Å². The molecule has 33 heavy (non-hydrogen) atoms. The Hall–Kier alpha value is -1.53. The lowest BCUT2D eigenvalue weighted by Crippen LogP contribution is -2.48. The number of esters is 1. The summed E-state index contributed by atoms with van der Waals surface area (Å²) in [6.07, 6.45) is 14.3. The summed E-state index contributed by atoms with van der Waals surface area (Å²) in [5, 5.41) is 11.0. The lowest BCUT2D eigenvalue weighted by molar-refractivity contribution is -0.135. The Balaban J connectivity index is 2.56. The Morgan fingerprint density at radius 2 is 1.94 bits per heavy atom. The van der Waals surface area contributed by atoms with Crippen LogP contribution in [0.4, 0.5) is 0 Å². The third-order valence-corrected chi connectivity index (χ3v) is 6.82. The predicted molar refractivity (Wildman–Crippen MR) is 137 cm³/mol. The molecule has 179 valence electrons. The number of ether oxygens (including phenoxy) is 1. The van der Waals surface area contributed by atoms with Gasteiger partial charge in [0, 0.05) is 11.5 Å². The fraction of sp³-hybridized carbons (Fsp3) is 0.500. The van der Waals surface area contributed by atoms with Crippen LogP contribution < -0.4 is 0 Å². The summed E-state index contributed by atoms with van der Waals surface area (Å²) < 4.78 is 11.1. The maximum absolute atomic E-state index is 12.2. The normalized spacial score (nSPS) is 20.8. The highest BCUT2D eigenvalue weighted by atomic mass is 35.5. The Kier molecular flexibility index (Phi) is 9.87. The van der Waals surface area contributed by atoms with Crippen LogP contribution in [-0.2, 0) is 14.2 Å². The first-order valence-corrected chi connectivity index (χ1v) is 12.0. The molecule has 0 heterocycles. The number of halogens is 2. The standard InChI is InChI=1S/C26H34BCl2O4/c1-7-9-18(24(30)32-6)14-17-10-8-11-20(21-13-12-19(28)16-23(21)29)22(15-17)27-33-26(4,5)25(2,3)31/h7,9,12-15,23,31H,8,10-11,16H2,1-6H3/b9-7-,18-14+. The molecule has 0 spiro atoms. The fourth-order valence-corrected chi connectivity index (χ4v) is 4.12. The van der Waals surface area contributed by atoms with Crippen LogP contribution in [0.25, 0.3) is 0 Å². The van der Waals surface area contributed by atoms with Crippen LogP contribution in [0.5, 0.6) is 0 Å². The first kappa shape index (κ1) is 27.7. The van der Waals surface area contributed by atoms with Crippen molar-refractivity contribution in [3.8, 4) is 0 Å². The van der Waals surface area contributed by atoms with Crippen molar-refractivity contribution in [2.45, 2.75) is 76.9 Å². The molecule has 0 saturated carbocycles. The molecule has 0 aromatic rings. The van der Waals surface area contributed by atoms with Crippen molar-refractivity contribution in [3.05, 3.63) is 69.3 Å². The third-order valence-electron chi connectivity index (χ3n) is 6.15. The van der Waals surface area contributed by atoms with E-state index >= 15 is 0 Å². The summed E-state index contributed by atoms with van der Waals surface area (Å²) in [6.45, 7) is 8.99. The zero-order valence-electron chi connectivity index (χ0n) is 20.4. The zero-order valence-corrected chi connectivity index (χ0v) is 21.9. The predicted octanol–water partition coefficient (Wildman–Crippen LogP) is 6.27. The van der Waals surface area contributed by atoms with Crippen LogP contribution in [0.1, 0.15) is 60.3 Å². The van der Waals surface area contributed by atoms with Gasteiger partial charge in [-0.15, -0.1) is 11.6 Å². The molecule has 2 rings (SSSR count). The van der Waals surface area contributed by atoms with Crippen molar-refractivity contribution in [2.75, 3.05) is 7.11 Å². The highest BCUT2D eigenvalue weighted by Crippen LogP contribution is 2.37. The molecule has 2 aliphatic rings. The number of hydrogen-bond donors (Lipinski definition) is 1. The van der Waals surface area contributed by atoms with Gasteiger partial charge in [0.25, 0.3) is 0 Å². The summed E-state index contributed by atoms with van der Waals surface area (Å²) in [6, 6.07) is 0. The van der Waals surface area contributed by atoms with Crippen LogP contribution in [-0.4, -0.2) is 42.2 Å². The second-order valence-electron chi connectivity index (χ2n) is 9.31. The number of carbonyl (C=O) groups is 1. The van der Waals surface area contributed by atoms with Crippen LogP contribution in [0.15, 0.2) is 69.3 Å². The second kappa shape index (κ2) is 11.7. The van der Waals surface area contributed by atoms with E-state index in [9.17, 15) is 9.90 Å². The largest absolute Gasteiger partial charge is 0.465 e. The highest BCUT2D eigenvalue weighted by Gasteiger charge is 2.36. The van der Waals surface area contributed by atoms with Gasteiger partial charge in [-0.1, -0.05) is 35.9 Å². The molecule has 7 heteroatoms. The van der Waals surface area contributed by atoms with E-state index in [0.717, 1.165) is 46.5 Å². The summed E-state index contributed by atoms with van der Waals surface area (Å²) in [7, 11) is 3.07. The molecule has 1 atom stereocenters. The topological polar surface area (TPSA) is 55.8 Å². The van der Waals surface area contributed by atoms with Gasteiger partial charge in [0.2, 0.25) is 0 Å². The minimum absolute atomic E-state index is 0.234. The van der Waals surface area contributed by atoms with Crippen molar-refractivity contribution in [1.29, 1.82) is 0 Å². The maximum Gasteiger partial charge on any atom is 0.337 e. The average Bonchev–Trinajstić information content (AvgIpc) is 2.92. The number of alkyl halides is 1. The van der Waals surface area contributed by atoms with Gasteiger partial charge >= 0.3 is 13.5 Å². The quantitative estimate of drug-likeness (QED) is 0.143. The minimum atomic E-state index is -1.05. The molecule has 0 fully saturated rings. The molecule has 1 radical (unpaired) electrons. The molecular weight excluding hydrogens is 458 g/mol. The molecule has 0 saturated heterocycles. The van der Waals surface area contributed by atoms with Crippen molar-refractivity contribution in [1.82, 2.24) is 0 Å². The zero-order chi connectivity index (χ0) is 24.8. The molecular formula is C26H34BCl2O4. The van der Waals surface area contributed by atoms with E-state index in [2.05, 4.69) is 0 Å². The Bertz CT molecular complexity index is 930. The van der Waals surface area contributed by atoms with Crippen LogP contribution >= 0.6 is 23.2 Å². The summed E-state index contributed by atoms with van der Waals surface area (Å²) in [5.41, 5.74) is 2.54. The summed E-state index contributed by atoms with van der Waals surface area (Å²) >= 11 is 12.9. The Morgan fingerprint density at radius 3 is 2.52 bits per heavy atom. The van der Waals surface area contributed by atoms with Gasteiger partial charge in [0.15, 0.2) is 0 Å². The van der Waals surface area contributed by atoms with Gasteiger partial charge in [-0.3, -0.25) is 0 Å². The van der Waals surface area contributed by atoms with Gasteiger partial charge in [-0.05, 0) is 88.2 Å². The van der Waals surface area contributed by atoms with Crippen molar-refractivity contribution < 1.29 is 19.3 Å². The molecule has 0 aromatic carbocycles. The van der Waals surface area contributed by atoms with Gasteiger partial charge in [0.05, 0.1) is 29.3 Å². The third kappa shape index (κ3) is 7.48. The molecule has 4 nitrogen and oxygen atoms in total. The van der Waals surface area contributed by atoms with E-state index in [0.29, 0.717) is 12.0 Å². The summed E-state index contributed by atoms with van der Waals surface area (Å²) in [4.78, 5) is 12.2. The maximum atomic E-state index is 12.2. The minimum Gasteiger partial charge on any atom is -0.465 e. The number of carbonyl (C=O) groups excluding carboxylic acids is 1. The summed E-state index contributed by atoms with van der Waals surface area (Å²) in [5.74, 6) is -0.386. The number of methoxy groups -OCH3 is 1. The van der Waals surface area contributed by atoms with E-state index in [1.165, 1.54) is 7.11 Å². The average molecular weight is 492 g/mol. The van der Waals surface area contributed by atoms with E-state index in [4.69, 9.17) is 32.6 Å². The fourth-order valence-electron chi connectivity index (χ4n) is 3.45. The van der Waals surface area contributed by atoms with E-state index in [1.807, 2.05) is 51.2 Å². The van der Waals surface area contributed by atoms with Crippen molar-refractivity contribution >= 4 is 36.7 Å². The van der Waals surface area contributed by atoms with Gasteiger partial charge in [-0.25, -0.2) is 4.79 Å².